The first-order chi connectivity index (χ1) is 13.0. The van der Waals surface area contributed by atoms with Crippen molar-refractivity contribution in [2.45, 2.75) is 36.2 Å². The normalized spacial score (nSPS) is 17.8. The van der Waals surface area contributed by atoms with E-state index in [2.05, 4.69) is 20.8 Å². The number of amides is 3. The molecule has 0 bridgehead atoms. The molecule has 1 aromatic heterocycles. The first-order valence-electron chi connectivity index (χ1n) is 8.32. The number of carbonyl (C=O) groups is 3. The molecule has 1 aliphatic rings. The summed E-state index contributed by atoms with van der Waals surface area (Å²) in [6.45, 7) is 1.73. The van der Waals surface area contributed by atoms with Gasteiger partial charge >= 0.3 is 12.0 Å². The van der Waals surface area contributed by atoms with E-state index in [4.69, 9.17) is 4.74 Å². The Labute approximate surface area is 159 Å². The number of carbonyl (C=O) groups excluding carboxylic acids is 3. The van der Waals surface area contributed by atoms with Crippen LogP contribution in [0.3, 0.4) is 0 Å². The van der Waals surface area contributed by atoms with Crippen LogP contribution >= 0.6 is 11.8 Å². The van der Waals surface area contributed by atoms with Crippen LogP contribution in [0.1, 0.15) is 19.2 Å². The zero-order chi connectivity index (χ0) is 19.4. The molecule has 1 fully saturated rings. The highest BCUT2D eigenvalue weighted by molar-refractivity contribution is 8.00. The number of thioether (sulfide) groups is 1. The van der Waals surface area contributed by atoms with Gasteiger partial charge in [0.25, 0.3) is 0 Å². The van der Waals surface area contributed by atoms with Gasteiger partial charge in [0.2, 0.25) is 5.91 Å². The van der Waals surface area contributed by atoms with Crippen molar-refractivity contribution in [2.24, 2.45) is 0 Å². The predicted octanol–water partition coefficient (Wildman–Crippen LogP) is 1.06. The molecular weight excluding hydrogens is 370 g/mol. The van der Waals surface area contributed by atoms with Crippen LogP contribution in [0.4, 0.5) is 4.79 Å². The molecule has 1 aromatic carbocycles. The third-order valence-corrected chi connectivity index (χ3v) is 5.00. The lowest BCUT2D eigenvalue weighted by Crippen LogP contribution is -2.53. The second kappa shape index (κ2) is 8.21. The summed E-state index contributed by atoms with van der Waals surface area (Å²) < 4.78 is 6.59. The summed E-state index contributed by atoms with van der Waals surface area (Å²) in [5, 5.41) is 13.4. The summed E-state index contributed by atoms with van der Waals surface area (Å²) in [6, 6.07) is 8.55. The SMILES string of the molecule is COC(=O)C(C)Sc1nnc(CC2CC(=O)NC(=O)N2)n1-c1ccccc1. The summed E-state index contributed by atoms with van der Waals surface area (Å²) in [7, 11) is 1.34. The zero-order valence-corrected chi connectivity index (χ0v) is 15.7. The lowest BCUT2D eigenvalue weighted by molar-refractivity contribution is -0.139. The summed E-state index contributed by atoms with van der Waals surface area (Å²) >= 11 is 1.23. The fourth-order valence-electron chi connectivity index (χ4n) is 2.73. The van der Waals surface area contributed by atoms with E-state index in [0.29, 0.717) is 17.4 Å². The number of para-hydroxylation sites is 1. The van der Waals surface area contributed by atoms with Gasteiger partial charge in [-0.3, -0.25) is 19.5 Å². The Morgan fingerprint density at radius 2 is 2.07 bits per heavy atom. The standard InChI is InChI=1S/C17H19N5O4S/c1-10(15(24)26-2)27-17-21-20-13(22(17)12-6-4-3-5-7-12)8-11-9-14(23)19-16(25)18-11/h3-7,10-11H,8-9H2,1-2H3,(H2,18,19,23,25). The molecule has 2 heterocycles. The monoisotopic (exact) mass is 389 g/mol. The predicted molar refractivity (Wildman–Crippen MR) is 97.5 cm³/mol. The molecule has 0 aliphatic carbocycles. The molecule has 3 rings (SSSR count). The van der Waals surface area contributed by atoms with Gasteiger partial charge in [-0.2, -0.15) is 0 Å². The third-order valence-electron chi connectivity index (χ3n) is 3.98. The van der Waals surface area contributed by atoms with Gasteiger partial charge < -0.3 is 10.1 Å². The molecule has 9 nitrogen and oxygen atoms in total. The van der Waals surface area contributed by atoms with Crippen molar-refractivity contribution in [3.05, 3.63) is 36.2 Å². The topological polar surface area (TPSA) is 115 Å². The highest BCUT2D eigenvalue weighted by Gasteiger charge is 2.27. The van der Waals surface area contributed by atoms with E-state index >= 15 is 0 Å². The van der Waals surface area contributed by atoms with Crippen LogP contribution in [0, 0.1) is 0 Å². The van der Waals surface area contributed by atoms with Gasteiger partial charge in [-0.15, -0.1) is 10.2 Å². The van der Waals surface area contributed by atoms with E-state index in [1.165, 1.54) is 18.9 Å². The second-order valence-electron chi connectivity index (χ2n) is 5.98. The number of rotatable bonds is 6. The first-order valence-corrected chi connectivity index (χ1v) is 9.20. The second-order valence-corrected chi connectivity index (χ2v) is 7.29. The molecular formula is C17H19N5O4S. The highest BCUT2D eigenvalue weighted by Crippen LogP contribution is 2.27. The molecule has 142 valence electrons. The lowest BCUT2D eigenvalue weighted by atomic mass is 10.1. The smallest absolute Gasteiger partial charge is 0.321 e. The average molecular weight is 389 g/mol. The van der Waals surface area contributed by atoms with E-state index in [-0.39, 0.29) is 24.3 Å². The maximum atomic E-state index is 11.8. The average Bonchev–Trinajstić information content (AvgIpc) is 3.02. The summed E-state index contributed by atoms with van der Waals surface area (Å²) in [5.74, 6) is -0.107. The molecule has 0 saturated carbocycles. The van der Waals surface area contributed by atoms with Gasteiger partial charge in [-0.1, -0.05) is 30.0 Å². The Morgan fingerprint density at radius 1 is 1.33 bits per heavy atom. The Hall–Kier alpha value is -2.88. The van der Waals surface area contributed by atoms with Crippen molar-refractivity contribution in [3.63, 3.8) is 0 Å². The van der Waals surface area contributed by atoms with Crippen LogP contribution in [-0.2, 0) is 20.7 Å². The van der Waals surface area contributed by atoms with Crippen molar-refractivity contribution in [1.29, 1.82) is 0 Å². The minimum absolute atomic E-state index is 0.161. The number of methoxy groups -OCH3 is 1. The largest absolute Gasteiger partial charge is 0.468 e. The maximum Gasteiger partial charge on any atom is 0.321 e. The summed E-state index contributed by atoms with van der Waals surface area (Å²) in [4.78, 5) is 34.9. The number of nitrogens with one attached hydrogen (secondary N) is 2. The molecule has 0 radical (unpaired) electrons. The van der Waals surface area contributed by atoms with Gasteiger partial charge in [-0.25, -0.2) is 4.79 Å². The number of hydrogen-bond donors (Lipinski definition) is 2. The summed E-state index contributed by atoms with van der Waals surface area (Å²) in [6.07, 6.45) is 0.489. The van der Waals surface area contributed by atoms with E-state index in [1.54, 1.807) is 6.92 Å². The Morgan fingerprint density at radius 3 is 2.74 bits per heavy atom. The van der Waals surface area contributed by atoms with E-state index in [9.17, 15) is 14.4 Å². The molecule has 1 aliphatic heterocycles. The van der Waals surface area contributed by atoms with E-state index in [1.807, 2.05) is 34.9 Å². The van der Waals surface area contributed by atoms with Crippen LogP contribution < -0.4 is 10.6 Å². The quantitative estimate of drug-likeness (QED) is 0.561. The summed E-state index contributed by atoms with van der Waals surface area (Å²) in [5.41, 5.74) is 0.823. The minimum Gasteiger partial charge on any atom is -0.468 e. The van der Waals surface area contributed by atoms with Gasteiger partial charge in [0.05, 0.1) is 7.11 Å². The minimum atomic E-state index is -0.518. The molecule has 3 amide bonds. The molecule has 2 aromatic rings. The third kappa shape index (κ3) is 4.45. The zero-order valence-electron chi connectivity index (χ0n) is 14.8. The molecule has 2 atom stereocenters. The van der Waals surface area contributed by atoms with Gasteiger partial charge in [0, 0.05) is 24.6 Å². The van der Waals surface area contributed by atoms with Gasteiger partial charge in [0.15, 0.2) is 5.16 Å². The number of hydrogen-bond acceptors (Lipinski definition) is 7. The Bertz CT molecular complexity index is 838. The molecule has 10 heteroatoms. The number of imide groups is 1. The fourth-order valence-corrected chi connectivity index (χ4v) is 3.65. The van der Waals surface area contributed by atoms with Crippen LogP contribution in [0.5, 0.6) is 0 Å². The fraction of sp³-hybridized carbons (Fsp3) is 0.353. The molecule has 27 heavy (non-hydrogen) atoms. The number of esters is 1. The number of ether oxygens (including phenoxy) is 1. The number of benzene rings is 1. The van der Waals surface area contributed by atoms with E-state index in [0.717, 1.165) is 5.69 Å². The van der Waals surface area contributed by atoms with Crippen molar-refractivity contribution in [2.75, 3.05) is 7.11 Å². The van der Waals surface area contributed by atoms with Gasteiger partial charge in [-0.05, 0) is 19.1 Å². The van der Waals surface area contributed by atoms with Crippen molar-refractivity contribution < 1.29 is 19.1 Å². The van der Waals surface area contributed by atoms with Crippen LogP contribution in [0.25, 0.3) is 5.69 Å². The van der Waals surface area contributed by atoms with Crippen molar-refractivity contribution in [3.8, 4) is 5.69 Å². The highest BCUT2D eigenvalue weighted by atomic mass is 32.2. The number of aromatic nitrogens is 3. The Kier molecular flexibility index (Phi) is 5.75. The molecule has 0 spiro atoms. The van der Waals surface area contributed by atoms with Crippen LogP contribution in [0.15, 0.2) is 35.5 Å². The van der Waals surface area contributed by atoms with Crippen molar-refractivity contribution >= 4 is 29.7 Å². The van der Waals surface area contributed by atoms with E-state index < -0.39 is 11.3 Å². The Balaban J connectivity index is 1.90. The number of urea groups is 1. The van der Waals surface area contributed by atoms with Gasteiger partial charge in [0.1, 0.15) is 11.1 Å². The first kappa shape index (κ1) is 18.9. The van der Waals surface area contributed by atoms with Crippen LogP contribution in [0.2, 0.25) is 0 Å². The molecule has 1 saturated heterocycles. The van der Waals surface area contributed by atoms with Crippen LogP contribution in [-0.4, -0.2) is 51.1 Å². The molecule has 2 unspecified atom stereocenters. The maximum absolute atomic E-state index is 11.8. The van der Waals surface area contributed by atoms with Crippen molar-refractivity contribution in [1.82, 2.24) is 25.4 Å². The lowest BCUT2D eigenvalue weighted by Gasteiger charge is -2.23. The number of nitrogens with zero attached hydrogens (tertiary/aromatic N) is 3. The molecule has 2 N–H and O–H groups in total.